The topological polar surface area (TPSA) is 49.3 Å². The molecule has 0 bridgehead atoms. The average Bonchev–Trinajstić information content (AvgIpc) is 3.10. The Hall–Kier alpha value is -1.79. The van der Waals surface area contributed by atoms with Crippen LogP contribution >= 0.6 is 0 Å². The molecule has 0 aromatic heterocycles. The maximum Gasteiger partial charge on any atom is 0.251 e. The van der Waals surface area contributed by atoms with Gasteiger partial charge in [0.25, 0.3) is 5.91 Å². The molecule has 2 atom stereocenters. The van der Waals surface area contributed by atoms with Crippen LogP contribution in [0.5, 0.6) is 0 Å². The molecule has 0 saturated heterocycles. The lowest BCUT2D eigenvalue weighted by atomic mass is 10.0. The van der Waals surface area contributed by atoms with E-state index >= 15 is 0 Å². The molecule has 1 amide bonds. The minimum atomic E-state index is -0.152. The van der Waals surface area contributed by atoms with E-state index in [-0.39, 0.29) is 12.5 Å². The fourth-order valence-corrected chi connectivity index (χ4v) is 2.09. The Morgan fingerprint density at radius 2 is 2.26 bits per heavy atom. The molecular formula is C16H19NO2. The summed E-state index contributed by atoms with van der Waals surface area (Å²) in [5, 5.41) is 11.6. The van der Waals surface area contributed by atoms with Gasteiger partial charge in [0.2, 0.25) is 0 Å². The van der Waals surface area contributed by atoms with Crippen molar-refractivity contribution in [2.75, 3.05) is 13.2 Å². The summed E-state index contributed by atoms with van der Waals surface area (Å²) < 4.78 is 0. The summed E-state index contributed by atoms with van der Waals surface area (Å²) in [6.07, 6.45) is 1.22. The van der Waals surface area contributed by atoms with Crippen molar-refractivity contribution < 1.29 is 9.90 Å². The fraction of sp³-hybridized carbons (Fsp3) is 0.438. The summed E-state index contributed by atoms with van der Waals surface area (Å²) in [5.74, 6) is 6.85. The molecule has 1 saturated carbocycles. The van der Waals surface area contributed by atoms with E-state index in [1.165, 1.54) is 6.42 Å². The zero-order chi connectivity index (χ0) is 13.8. The van der Waals surface area contributed by atoms with Gasteiger partial charge in [0.15, 0.2) is 0 Å². The number of aliphatic hydroxyl groups excluding tert-OH is 1. The van der Waals surface area contributed by atoms with Gasteiger partial charge >= 0.3 is 0 Å². The Morgan fingerprint density at radius 3 is 2.84 bits per heavy atom. The second-order valence-corrected chi connectivity index (χ2v) is 5.17. The summed E-state index contributed by atoms with van der Waals surface area (Å²) >= 11 is 0. The van der Waals surface area contributed by atoms with Crippen LogP contribution in [0.15, 0.2) is 18.2 Å². The fourth-order valence-electron chi connectivity index (χ4n) is 2.09. The number of aliphatic hydroxyl groups is 1. The number of carbonyl (C=O) groups is 1. The van der Waals surface area contributed by atoms with Crippen molar-refractivity contribution in [3.05, 3.63) is 34.9 Å². The van der Waals surface area contributed by atoms with Crippen molar-refractivity contribution in [1.29, 1.82) is 0 Å². The molecule has 2 N–H and O–H groups in total. The molecule has 1 aliphatic rings. The molecule has 0 heterocycles. The first kappa shape index (κ1) is 13.6. The van der Waals surface area contributed by atoms with Crippen LogP contribution in [0.2, 0.25) is 0 Å². The van der Waals surface area contributed by atoms with Crippen LogP contribution in [0.3, 0.4) is 0 Å². The first-order valence-electron chi connectivity index (χ1n) is 6.60. The van der Waals surface area contributed by atoms with Crippen molar-refractivity contribution in [1.82, 2.24) is 5.32 Å². The minimum absolute atomic E-state index is 0.0242. The van der Waals surface area contributed by atoms with Crippen LogP contribution in [0.1, 0.15) is 34.8 Å². The number of aryl methyl sites for hydroxylation is 1. The van der Waals surface area contributed by atoms with E-state index < -0.39 is 0 Å². The van der Waals surface area contributed by atoms with Crippen molar-refractivity contribution in [3.8, 4) is 11.8 Å². The van der Waals surface area contributed by atoms with Gasteiger partial charge in [0.1, 0.15) is 6.61 Å². The van der Waals surface area contributed by atoms with E-state index in [1.807, 2.05) is 19.1 Å². The zero-order valence-electron chi connectivity index (χ0n) is 11.4. The third-order valence-corrected chi connectivity index (χ3v) is 3.59. The third-order valence-electron chi connectivity index (χ3n) is 3.59. The Labute approximate surface area is 114 Å². The van der Waals surface area contributed by atoms with Gasteiger partial charge in [-0.2, -0.15) is 0 Å². The predicted molar refractivity (Wildman–Crippen MR) is 74.7 cm³/mol. The van der Waals surface area contributed by atoms with E-state index in [4.69, 9.17) is 5.11 Å². The van der Waals surface area contributed by atoms with Crippen LogP contribution in [0, 0.1) is 30.6 Å². The summed E-state index contributed by atoms with van der Waals surface area (Å²) in [5.41, 5.74) is 2.47. The molecule has 1 fully saturated rings. The van der Waals surface area contributed by atoms with Gasteiger partial charge in [-0.1, -0.05) is 18.8 Å². The Morgan fingerprint density at radius 1 is 1.53 bits per heavy atom. The summed E-state index contributed by atoms with van der Waals surface area (Å²) in [6, 6.07) is 5.44. The van der Waals surface area contributed by atoms with E-state index in [0.29, 0.717) is 11.5 Å². The maximum atomic E-state index is 12.0. The molecule has 19 heavy (non-hydrogen) atoms. The smallest absolute Gasteiger partial charge is 0.251 e. The monoisotopic (exact) mass is 257 g/mol. The average molecular weight is 257 g/mol. The lowest BCUT2D eigenvalue weighted by Gasteiger charge is -2.06. The second-order valence-electron chi connectivity index (χ2n) is 5.17. The third kappa shape index (κ3) is 3.59. The lowest BCUT2D eigenvalue weighted by Crippen LogP contribution is -2.25. The molecule has 1 aliphatic carbocycles. The number of nitrogens with one attached hydrogen (secondary N) is 1. The van der Waals surface area contributed by atoms with Crippen LogP contribution in [0.4, 0.5) is 0 Å². The number of rotatable bonds is 3. The molecule has 1 aromatic rings. The standard InChI is InChI=1S/C16H19NO2/c1-11-8-14(6-5-13(11)4-3-7-18)16(19)17-10-15-9-12(15)2/h5-6,8,12,15,18H,7,9-10H2,1-2H3,(H,17,19). The van der Waals surface area contributed by atoms with Gasteiger partial charge in [0, 0.05) is 17.7 Å². The first-order valence-corrected chi connectivity index (χ1v) is 6.60. The quantitative estimate of drug-likeness (QED) is 0.810. The maximum absolute atomic E-state index is 12.0. The van der Waals surface area contributed by atoms with E-state index in [2.05, 4.69) is 24.1 Å². The molecule has 0 aliphatic heterocycles. The summed E-state index contributed by atoms with van der Waals surface area (Å²) in [4.78, 5) is 12.0. The van der Waals surface area contributed by atoms with Gasteiger partial charge < -0.3 is 10.4 Å². The lowest BCUT2D eigenvalue weighted by molar-refractivity contribution is 0.0951. The van der Waals surface area contributed by atoms with Gasteiger partial charge in [-0.25, -0.2) is 0 Å². The van der Waals surface area contributed by atoms with Crippen LogP contribution in [-0.2, 0) is 0 Å². The van der Waals surface area contributed by atoms with E-state index in [9.17, 15) is 4.79 Å². The SMILES string of the molecule is Cc1cc(C(=O)NCC2CC2C)ccc1C#CCO. The minimum Gasteiger partial charge on any atom is -0.384 e. The largest absolute Gasteiger partial charge is 0.384 e. The number of hydrogen-bond acceptors (Lipinski definition) is 2. The molecular weight excluding hydrogens is 238 g/mol. The summed E-state index contributed by atoms with van der Waals surface area (Å²) in [6.45, 7) is 4.74. The number of benzene rings is 1. The van der Waals surface area contributed by atoms with Crippen molar-refractivity contribution in [2.45, 2.75) is 20.3 Å². The van der Waals surface area contributed by atoms with Crippen LogP contribution in [0.25, 0.3) is 0 Å². The number of amides is 1. The van der Waals surface area contributed by atoms with Crippen molar-refractivity contribution in [3.63, 3.8) is 0 Å². The number of hydrogen-bond donors (Lipinski definition) is 2. The highest BCUT2D eigenvalue weighted by Gasteiger charge is 2.32. The predicted octanol–water partition coefficient (Wildman–Crippen LogP) is 1.72. The Bertz CT molecular complexity index is 539. The molecule has 3 heteroatoms. The highest BCUT2D eigenvalue weighted by Crippen LogP contribution is 2.36. The molecule has 0 spiro atoms. The Balaban J connectivity index is 2.00. The van der Waals surface area contributed by atoms with Gasteiger partial charge in [-0.15, -0.1) is 0 Å². The van der Waals surface area contributed by atoms with Crippen molar-refractivity contribution >= 4 is 5.91 Å². The second kappa shape index (κ2) is 5.90. The van der Waals surface area contributed by atoms with E-state index in [1.54, 1.807) is 6.07 Å². The Kier molecular flexibility index (Phi) is 4.24. The van der Waals surface area contributed by atoms with Gasteiger partial charge in [-0.05, 0) is 48.9 Å². The molecule has 2 rings (SSSR count). The highest BCUT2D eigenvalue weighted by molar-refractivity contribution is 5.94. The number of carbonyl (C=O) groups excluding carboxylic acids is 1. The molecule has 1 aromatic carbocycles. The molecule has 0 radical (unpaired) electrons. The first-order chi connectivity index (χ1) is 9.11. The van der Waals surface area contributed by atoms with Crippen LogP contribution < -0.4 is 5.32 Å². The highest BCUT2D eigenvalue weighted by atomic mass is 16.2. The van der Waals surface area contributed by atoms with Crippen LogP contribution in [-0.4, -0.2) is 24.2 Å². The van der Waals surface area contributed by atoms with E-state index in [0.717, 1.165) is 23.6 Å². The van der Waals surface area contributed by atoms with Crippen molar-refractivity contribution in [2.24, 2.45) is 11.8 Å². The molecule has 100 valence electrons. The van der Waals surface area contributed by atoms with Gasteiger partial charge in [0.05, 0.1) is 0 Å². The molecule has 3 nitrogen and oxygen atoms in total. The normalized spacial score (nSPS) is 20.4. The molecule has 2 unspecified atom stereocenters. The van der Waals surface area contributed by atoms with Gasteiger partial charge in [-0.3, -0.25) is 4.79 Å². The zero-order valence-corrected chi connectivity index (χ0v) is 11.4. The summed E-state index contributed by atoms with van der Waals surface area (Å²) in [7, 11) is 0.